The maximum atomic E-state index is 12.2. The van der Waals surface area contributed by atoms with Gasteiger partial charge in [0.1, 0.15) is 5.82 Å². The van der Waals surface area contributed by atoms with E-state index in [4.69, 9.17) is 0 Å². The summed E-state index contributed by atoms with van der Waals surface area (Å²) in [5, 5.41) is 2.68. The zero-order valence-electron chi connectivity index (χ0n) is 13.7. The summed E-state index contributed by atoms with van der Waals surface area (Å²) in [4.78, 5) is 18.2. The van der Waals surface area contributed by atoms with E-state index in [-0.39, 0.29) is 18.2 Å². The second-order valence-corrected chi connectivity index (χ2v) is 7.89. The number of rotatable bonds is 6. The predicted octanol–water partition coefficient (Wildman–Crippen LogP) is 0.693. The average molecular weight is 340 g/mol. The van der Waals surface area contributed by atoms with Gasteiger partial charge in [-0.05, 0) is 25.0 Å². The number of carbonyl (C=O) groups is 1. The Bertz CT molecular complexity index is 640. The van der Waals surface area contributed by atoms with E-state index in [0.29, 0.717) is 24.5 Å². The lowest BCUT2D eigenvalue weighted by atomic mass is 10.2. The van der Waals surface area contributed by atoms with Crippen molar-refractivity contribution >= 4 is 21.7 Å². The summed E-state index contributed by atoms with van der Waals surface area (Å²) < 4.78 is 26.0. The van der Waals surface area contributed by atoms with Gasteiger partial charge in [0, 0.05) is 39.9 Å². The van der Waals surface area contributed by atoms with E-state index in [1.807, 2.05) is 0 Å². The summed E-state index contributed by atoms with van der Waals surface area (Å²) in [6.45, 7) is 1.27. The summed E-state index contributed by atoms with van der Waals surface area (Å²) in [5.41, 5.74) is 0.438. The van der Waals surface area contributed by atoms with Crippen LogP contribution in [0.1, 0.15) is 29.6 Å². The molecule has 0 spiro atoms. The molecule has 7 nitrogen and oxygen atoms in total. The molecule has 0 aromatic carbocycles. The van der Waals surface area contributed by atoms with Crippen LogP contribution in [-0.4, -0.2) is 63.1 Å². The van der Waals surface area contributed by atoms with Crippen LogP contribution in [0.4, 0.5) is 5.82 Å². The number of nitrogens with one attached hydrogen (secondary N) is 1. The second-order valence-electron chi connectivity index (χ2n) is 5.80. The van der Waals surface area contributed by atoms with Crippen LogP contribution >= 0.6 is 0 Å². The van der Waals surface area contributed by atoms with Gasteiger partial charge in [0.15, 0.2) is 0 Å². The van der Waals surface area contributed by atoms with Gasteiger partial charge in [0.25, 0.3) is 5.91 Å². The molecule has 1 aliphatic heterocycles. The van der Waals surface area contributed by atoms with Gasteiger partial charge in [-0.2, -0.15) is 0 Å². The van der Waals surface area contributed by atoms with Crippen LogP contribution in [0.25, 0.3) is 0 Å². The first-order valence-electron chi connectivity index (χ1n) is 7.80. The number of aromatic nitrogens is 1. The highest BCUT2D eigenvalue weighted by atomic mass is 32.2. The minimum Gasteiger partial charge on any atom is -0.362 e. The van der Waals surface area contributed by atoms with Gasteiger partial charge < -0.3 is 10.2 Å². The lowest BCUT2D eigenvalue weighted by Gasteiger charge is -2.25. The van der Waals surface area contributed by atoms with Crippen molar-refractivity contribution < 1.29 is 13.2 Å². The number of amides is 1. The lowest BCUT2D eigenvalue weighted by molar-refractivity contribution is 0.0956. The third-order valence-corrected chi connectivity index (χ3v) is 5.68. The third-order valence-electron chi connectivity index (χ3n) is 3.81. The van der Waals surface area contributed by atoms with Crippen molar-refractivity contribution in [3.05, 3.63) is 23.9 Å². The zero-order chi connectivity index (χ0) is 16.9. The zero-order valence-corrected chi connectivity index (χ0v) is 14.5. The number of pyridine rings is 1. The molecule has 23 heavy (non-hydrogen) atoms. The number of carbonyl (C=O) groups excluding carboxylic acids is 1. The van der Waals surface area contributed by atoms with Gasteiger partial charge >= 0.3 is 0 Å². The van der Waals surface area contributed by atoms with Gasteiger partial charge in [-0.1, -0.05) is 6.42 Å². The fraction of sp³-hybridized carbons (Fsp3) is 0.600. The molecule has 128 valence electrons. The molecular formula is C15H24N4O3S. The minimum atomic E-state index is -3.30. The van der Waals surface area contributed by atoms with Crippen LogP contribution in [0.2, 0.25) is 0 Å². The Morgan fingerprint density at radius 3 is 2.65 bits per heavy atom. The van der Waals surface area contributed by atoms with Gasteiger partial charge in [-0.3, -0.25) is 4.79 Å². The monoisotopic (exact) mass is 340 g/mol. The van der Waals surface area contributed by atoms with Crippen LogP contribution in [0.3, 0.4) is 0 Å². The Morgan fingerprint density at radius 1 is 1.30 bits per heavy atom. The van der Waals surface area contributed by atoms with Gasteiger partial charge in [0.05, 0.1) is 11.3 Å². The van der Waals surface area contributed by atoms with E-state index in [1.54, 1.807) is 37.3 Å². The van der Waals surface area contributed by atoms with E-state index in [2.05, 4.69) is 10.3 Å². The number of anilines is 1. The Morgan fingerprint density at radius 2 is 2.00 bits per heavy atom. The number of hydrogen-bond donors (Lipinski definition) is 1. The lowest BCUT2D eigenvalue weighted by Crippen LogP contribution is -2.40. The standard InChI is InChI=1S/C15H24N4O3S/c1-18(2)14-13(7-6-8-16-14)15(20)17-9-12-23(21,22)19-10-4-3-5-11-19/h6-8H,3-5,9-12H2,1-2H3,(H,17,20). The third kappa shape index (κ3) is 4.65. The number of sulfonamides is 1. The summed E-state index contributed by atoms with van der Waals surface area (Å²) in [5.74, 6) is 0.176. The Hall–Kier alpha value is -1.67. The quantitative estimate of drug-likeness (QED) is 0.824. The SMILES string of the molecule is CN(C)c1ncccc1C(=O)NCCS(=O)(=O)N1CCCCC1. The summed E-state index contributed by atoms with van der Waals surface area (Å²) >= 11 is 0. The molecule has 0 radical (unpaired) electrons. The van der Waals surface area contributed by atoms with Crippen molar-refractivity contribution in [2.45, 2.75) is 19.3 Å². The molecule has 0 aliphatic carbocycles. The van der Waals surface area contributed by atoms with E-state index < -0.39 is 10.0 Å². The summed E-state index contributed by atoms with van der Waals surface area (Å²) in [6.07, 6.45) is 4.52. The Labute approximate surface area is 137 Å². The number of hydrogen-bond acceptors (Lipinski definition) is 5. The molecule has 1 amide bonds. The van der Waals surface area contributed by atoms with Crippen LogP contribution < -0.4 is 10.2 Å². The molecule has 2 rings (SSSR count). The van der Waals surface area contributed by atoms with Crippen molar-refractivity contribution in [1.29, 1.82) is 0 Å². The molecule has 2 heterocycles. The fourth-order valence-corrected chi connectivity index (χ4v) is 4.02. The molecule has 1 fully saturated rings. The van der Waals surface area contributed by atoms with Crippen LogP contribution in [-0.2, 0) is 10.0 Å². The molecule has 0 atom stereocenters. The molecular weight excluding hydrogens is 316 g/mol. The van der Waals surface area contributed by atoms with E-state index in [9.17, 15) is 13.2 Å². The molecule has 1 saturated heterocycles. The van der Waals surface area contributed by atoms with Gasteiger partial charge in [0.2, 0.25) is 10.0 Å². The Balaban J connectivity index is 1.92. The summed E-state index contributed by atoms with van der Waals surface area (Å²) in [6, 6.07) is 3.36. The highest BCUT2D eigenvalue weighted by Gasteiger charge is 2.24. The molecule has 1 N–H and O–H groups in total. The highest BCUT2D eigenvalue weighted by molar-refractivity contribution is 7.89. The van der Waals surface area contributed by atoms with Crippen LogP contribution in [0, 0.1) is 0 Å². The van der Waals surface area contributed by atoms with Crippen molar-refractivity contribution in [3.63, 3.8) is 0 Å². The molecule has 0 bridgehead atoms. The normalized spacial score (nSPS) is 16.1. The molecule has 1 aliphatic rings. The Kier molecular flexibility index (Phi) is 5.95. The first kappa shape index (κ1) is 17.7. The van der Waals surface area contributed by atoms with Crippen LogP contribution in [0.5, 0.6) is 0 Å². The van der Waals surface area contributed by atoms with Crippen molar-refractivity contribution in [1.82, 2.24) is 14.6 Å². The predicted molar refractivity (Wildman–Crippen MR) is 90.1 cm³/mol. The van der Waals surface area contributed by atoms with E-state index >= 15 is 0 Å². The fourth-order valence-electron chi connectivity index (χ4n) is 2.59. The maximum absolute atomic E-state index is 12.2. The molecule has 8 heteroatoms. The second kappa shape index (κ2) is 7.74. The molecule has 0 saturated carbocycles. The van der Waals surface area contributed by atoms with Crippen LogP contribution in [0.15, 0.2) is 18.3 Å². The number of nitrogens with zero attached hydrogens (tertiary/aromatic N) is 3. The van der Waals surface area contributed by atoms with Crippen molar-refractivity contribution in [3.8, 4) is 0 Å². The van der Waals surface area contributed by atoms with E-state index in [0.717, 1.165) is 19.3 Å². The highest BCUT2D eigenvalue weighted by Crippen LogP contribution is 2.15. The topological polar surface area (TPSA) is 82.6 Å². The smallest absolute Gasteiger partial charge is 0.255 e. The summed E-state index contributed by atoms with van der Waals surface area (Å²) in [7, 11) is 0.316. The molecule has 1 aromatic heterocycles. The number of piperidine rings is 1. The molecule has 0 unspecified atom stereocenters. The average Bonchev–Trinajstić information content (AvgIpc) is 2.55. The minimum absolute atomic E-state index is 0.0731. The molecule has 1 aromatic rings. The largest absolute Gasteiger partial charge is 0.362 e. The van der Waals surface area contributed by atoms with Gasteiger partial charge in [-0.15, -0.1) is 0 Å². The first-order chi connectivity index (χ1) is 10.9. The van der Waals surface area contributed by atoms with Gasteiger partial charge in [-0.25, -0.2) is 17.7 Å². The van der Waals surface area contributed by atoms with Crippen molar-refractivity contribution in [2.24, 2.45) is 0 Å². The van der Waals surface area contributed by atoms with E-state index in [1.165, 1.54) is 4.31 Å². The first-order valence-corrected chi connectivity index (χ1v) is 9.41. The maximum Gasteiger partial charge on any atom is 0.255 e. The van der Waals surface area contributed by atoms with Crippen molar-refractivity contribution in [2.75, 3.05) is 44.4 Å².